The van der Waals surface area contributed by atoms with Gasteiger partial charge in [-0.1, -0.05) is 22.8 Å². The van der Waals surface area contributed by atoms with E-state index in [2.05, 4.69) is 25.8 Å². The van der Waals surface area contributed by atoms with Gasteiger partial charge < -0.3 is 15.2 Å². The number of nitrogens with one attached hydrogen (secondary N) is 2. The van der Waals surface area contributed by atoms with E-state index >= 15 is 0 Å². The van der Waals surface area contributed by atoms with Crippen LogP contribution in [0.5, 0.6) is 0 Å². The number of hydrogen-bond donors (Lipinski definition) is 2. The topological polar surface area (TPSA) is 75.9 Å². The van der Waals surface area contributed by atoms with Crippen molar-refractivity contribution in [2.45, 2.75) is 20.8 Å². The molecule has 0 amide bonds. The standard InChI is InChI=1S/C16H16ClN5O/c1-9-4-5-12(17)8-13(9)19-16-18-10(2)6-14(21-16)20-15-7-11(3)23-22-15/h4-8H,1-3H3,(H2,18,19,20,21,22). The van der Waals surface area contributed by atoms with E-state index in [4.69, 9.17) is 16.1 Å². The summed E-state index contributed by atoms with van der Waals surface area (Å²) in [4.78, 5) is 8.84. The van der Waals surface area contributed by atoms with Crippen LogP contribution in [0.3, 0.4) is 0 Å². The lowest BCUT2D eigenvalue weighted by molar-refractivity contribution is 0.400. The normalized spacial score (nSPS) is 10.6. The minimum atomic E-state index is 0.484. The fourth-order valence-corrected chi connectivity index (χ4v) is 2.27. The third kappa shape index (κ3) is 3.78. The van der Waals surface area contributed by atoms with Gasteiger partial charge in [0.1, 0.15) is 11.6 Å². The van der Waals surface area contributed by atoms with Crippen molar-refractivity contribution in [3.8, 4) is 0 Å². The van der Waals surface area contributed by atoms with Crippen LogP contribution >= 0.6 is 11.6 Å². The summed E-state index contributed by atoms with van der Waals surface area (Å²) in [6.07, 6.45) is 0. The van der Waals surface area contributed by atoms with Crippen molar-refractivity contribution in [1.29, 1.82) is 0 Å². The molecule has 0 saturated heterocycles. The van der Waals surface area contributed by atoms with E-state index in [0.717, 1.165) is 22.7 Å². The molecule has 23 heavy (non-hydrogen) atoms. The molecule has 118 valence electrons. The average molecular weight is 330 g/mol. The minimum absolute atomic E-state index is 0.484. The highest BCUT2D eigenvalue weighted by Crippen LogP contribution is 2.24. The summed E-state index contributed by atoms with van der Waals surface area (Å²) in [5.41, 5.74) is 2.75. The number of aryl methyl sites for hydroxylation is 3. The molecule has 0 atom stereocenters. The first kappa shape index (κ1) is 15.3. The second-order valence-corrected chi connectivity index (χ2v) is 5.69. The highest BCUT2D eigenvalue weighted by Gasteiger charge is 2.07. The Kier molecular flexibility index (Phi) is 4.16. The number of anilines is 4. The van der Waals surface area contributed by atoms with Gasteiger partial charge in [-0.25, -0.2) is 4.98 Å². The van der Waals surface area contributed by atoms with Crippen LogP contribution in [0.15, 0.2) is 34.9 Å². The largest absolute Gasteiger partial charge is 0.360 e. The van der Waals surface area contributed by atoms with Gasteiger partial charge in [-0.3, -0.25) is 0 Å². The first-order valence-corrected chi connectivity index (χ1v) is 7.46. The van der Waals surface area contributed by atoms with E-state index < -0.39 is 0 Å². The van der Waals surface area contributed by atoms with E-state index in [9.17, 15) is 0 Å². The van der Waals surface area contributed by atoms with Gasteiger partial charge >= 0.3 is 0 Å². The van der Waals surface area contributed by atoms with E-state index in [1.165, 1.54) is 0 Å². The number of nitrogens with zero attached hydrogens (tertiary/aromatic N) is 3. The molecule has 0 fully saturated rings. The van der Waals surface area contributed by atoms with Gasteiger partial charge in [0.15, 0.2) is 5.82 Å². The number of hydrogen-bond acceptors (Lipinski definition) is 6. The Morgan fingerprint density at radius 1 is 0.957 bits per heavy atom. The van der Waals surface area contributed by atoms with Crippen LogP contribution in [0.1, 0.15) is 17.0 Å². The van der Waals surface area contributed by atoms with Gasteiger partial charge in [-0.05, 0) is 38.5 Å². The summed E-state index contributed by atoms with van der Waals surface area (Å²) in [5, 5.41) is 10.8. The van der Waals surface area contributed by atoms with Crippen molar-refractivity contribution in [1.82, 2.24) is 15.1 Å². The molecule has 0 aliphatic heterocycles. The lowest BCUT2D eigenvalue weighted by Gasteiger charge is -2.10. The van der Waals surface area contributed by atoms with Gasteiger partial charge in [0.05, 0.1) is 0 Å². The van der Waals surface area contributed by atoms with Gasteiger partial charge in [0.25, 0.3) is 0 Å². The maximum absolute atomic E-state index is 6.04. The van der Waals surface area contributed by atoms with Crippen LogP contribution in [0.4, 0.5) is 23.3 Å². The number of halogens is 1. The summed E-state index contributed by atoms with van der Waals surface area (Å²) < 4.78 is 5.04. The van der Waals surface area contributed by atoms with E-state index in [1.807, 2.05) is 45.0 Å². The maximum atomic E-state index is 6.04. The summed E-state index contributed by atoms with van der Waals surface area (Å²) in [6.45, 7) is 5.72. The summed E-state index contributed by atoms with van der Waals surface area (Å²) in [5.74, 6) is 2.45. The van der Waals surface area contributed by atoms with E-state index in [0.29, 0.717) is 22.6 Å². The number of benzene rings is 1. The predicted molar refractivity (Wildman–Crippen MR) is 90.8 cm³/mol. The average Bonchev–Trinajstić information content (AvgIpc) is 2.87. The van der Waals surface area contributed by atoms with Crippen molar-refractivity contribution < 1.29 is 4.52 Å². The minimum Gasteiger partial charge on any atom is -0.360 e. The molecule has 1 aromatic carbocycles. The Balaban J connectivity index is 1.86. The quantitative estimate of drug-likeness (QED) is 0.732. The van der Waals surface area contributed by atoms with Crippen molar-refractivity contribution in [3.05, 3.63) is 52.4 Å². The Bertz CT molecular complexity index is 846. The molecule has 2 N–H and O–H groups in total. The van der Waals surface area contributed by atoms with Crippen molar-refractivity contribution >= 4 is 34.9 Å². The van der Waals surface area contributed by atoms with E-state index in [1.54, 1.807) is 6.07 Å². The Morgan fingerprint density at radius 2 is 1.78 bits per heavy atom. The highest BCUT2D eigenvalue weighted by molar-refractivity contribution is 6.30. The van der Waals surface area contributed by atoms with Crippen LogP contribution in [-0.2, 0) is 0 Å². The van der Waals surface area contributed by atoms with Gasteiger partial charge in [0.2, 0.25) is 5.95 Å². The smallest absolute Gasteiger partial charge is 0.229 e. The molecule has 0 saturated carbocycles. The van der Waals surface area contributed by atoms with Crippen LogP contribution in [-0.4, -0.2) is 15.1 Å². The molecule has 3 aromatic rings. The fourth-order valence-electron chi connectivity index (χ4n) is 2.09. The molecule has 2 aromatic heterocycles. The van der Waals surface area contributed by atoms with Crippen LogP contribution in [0, 0.1) is 20.8 Å². The predicted octanol–water partition coefficient (Wildman–Crippen LogP) is 4.53. The van der Waals surface area contributed by atoms with Crippen LogP contribution in [0.2, 0.25) is 5.02 Å². The van der Waals surface area contributed by atoms with E-state index in [-0.39, 0.29) is 0 Å². The molecular weight excluding hydrogens is 314 g/mol. The molecule has 0 unspecified atom stereocenters. The van der Waals surface area contributed by atoms with Crippen molar-refractivity contribution in [2.24, 2.45) is 0 Å². The summed E-state index contributed by atoms with van der Waals surface area (Å²) in [7, 11) is 0. The zero-order valence-corrected chi connectivity index (χ0v) is 13.8. The SMILES string of the molecule is Cc1cc(Nc2cc(C)on2)nc(Nc2cc(Cl)ccc2C)n1. The molecule has 0 bridgehead atoms. The third-order valence-corrected chi connectivity index (χ3v) is 3.42. The number of aromatic nitrogens is 3. The molecule has 0 aliphatic rings. The molecule has 0 aliphatic carbocycles. The first-order valence-electron chi connectivity index (χ1n) is 7.09. The van der Waals surface area contributed by atoms with Gasteiger partial charge in [-0.2, -0.15) is 4.98 Å². The van der Waals surface area contributed by atoms with Crippen LogP contribution in [0.25, 0.3) is 0 Å². The van der Waals surface area contributed by atoms with Gasteiger partial charge in [0, 0.05) is 28.5 Å². The first-order chi connectivity index (χ1) is 11.0. The fraction of sp³-hybridized carbons (Fsp3) is 0.188. The molecule has 0 spiro atoms. The van der Waals surface area contributed by atoms with Gasteiger partial charge in [-0.15, -0.1) is 0 Å². The molecule has 6 nitrogen and oxygen atoms in total. The monoisotopic (exact) mass is 329 g/mol. The Labute approximate surface area is 138 Å². The van der Waals surface area contributed by atoms with Crippen LogP contribution < -0.4 is 10.6 Å². The van der Waals surface area contributed by atoms with Crippen molar-refractivity contribution in [2.75, 3.05) is 10.6 Å². The lowest BCUT2D eigenvalue weighted by atomic mass is 10.2. The zero-order valence-electron chi connectivity index (χ0n) is 13.0. The van der Waals surface area contributed by atoms with Crippen molar-refractivity contribution in [3.63, 3.8) is 0 Å². The molecule has 7 heteroatoms. The second kappa shape index (κ2) is 6.26. The molecule has 2 heterocycles. The maximum Gasteiger partial charge on any atom is 0.229 e. The third-order valence-electron chi connectivity index (χ3n) is 3.18. The lowest BCUT2D eigenvalue weighted by Crippen LogP contribution is -2.03. The number of rotatable bonds is 4. The Hall–Kier alpha value is -2.60. The summed E-state index contributed by atoms with van der Waals surface area (Å²) in [6, 6.07) is 9.26. The molecule has 0 radical (unpaired) electrons. The molecular formula is C16H16ClN5O. The molecule has 3 rings (SSSR count). The zero-order chi connectivity index (χ0) is 16.4. The Morgan fingerprint density at radius 3 is 2.52 bits per heavy atom. The highest BCUT2D eigenvalue weighted by atomic mass is 35.5. The summed E-state index contributed by atoms with van der Waals surface area (Å²) >= 11 is 6.04. The second-order valence-electron chi connectivity index (χ2n) is 5.25.